The Hall–Kier alpha value is -2.20. The third-order valence-corrected chi connectivity index (χ3v) is 3.97. The maximum absolute atomic E-state index is 13.7. The zero-order valence-electron chi connectivity index (χ0n) is 11.6. The zero-order valence-corrected chi connectivity index (χ0v) is 12.4. The van der Waals surface area contributed by atoms with Gasteiger partial charge in [0.15, 0.2) is 0 Å². The molecule has 0 aromatic heterocycles. The molecule has 0 saturated carbocycles. The number of hydrogen-bond donors (Lipinski definition) is 0. The second-order valence-corrected chi connectivity index (χ2v) is 5.68. The maximum Gasteiger partial charge on any atom is 0.237 e. The smallest absolute Gasteiger partial charge is 0.237 e. The molecule has 3 rings (SSSR count). The fourth-order valence-electron chi connectivity index (χ4n) is 2.67. The van der Waals surface area contributed by atoms with E-state index in [9.17, 15) is 14.0 Å². The average Bonchev–Trinajstić information content (AvgIpc) is 2.76. The molecule has 0 spiro atoms. The molecule has 3 nitrogen and oxygen atoms in total. The Balaban J connectivity index is 1.84. The Morgan fingerprint density at radius 2 is 1.91 bits per heavy atom. The lowest BCUT2D eigenvalue weighted by Gasteiger charge is -2.15. The molecule has 1 unspecified atom stereocenters. The number of anilines is 1. The first-order valence-electron chi connectivity index (χ1n) is 6.92. The molecule has 0 aliphatic carbocycles. The van der Waals surface area contributed by atoms with Crippen LogP contribution in [-0.4, -0.2) is 11.8 Å². The molecule has 1 atom stereocenters. The van der Waals surface area contributed by atoms with E-state index in [1.54, 1.807) is 42.5 Å². The minimum atomic E-state index is -0.539. The van der Waals surface area contributed by atoms with E-state index in [4.69, 9.17) is 11.6 Å². The van der Waals surface area contributed by atoms with Crippen LogP contribution in [-0.2, 0) is 16.0 Å². The van der Waals surface area contributed by atoms with E-state index in [-0.39, 0.29) is 30.5 Å². The topological polar surface area (TPSA) is 37.4 Å². The fraction of sp³-hybridized carbons (Fsp3) is 0.176. The molecular formula is C17H13ClFNO2. The number of hydrogen-bond acceptors (Lipinski definition) is 2. The van der Waals surface area contributed by atoms with E-state index in [2.05, 4.69) is 0 Å². The summed E-state index contributed by atoms with van der Waals surface area (Å²) in [5.74, 6) is -1.49. The second kappa shape index (κ2) is 5.89. The maximum atomic E-state index is 13.7. The van der Waals surface area contributed by atoms with E-state index in [1.165, 1.54) is 6.07 Å². The minimum absolute atomic E-state index is 0.0830. The fourth-order valence-corrected chi connectivity index (χ4v) is 2.85. The van der Waals surface area contributed by atoms with Crippen molar-refractivity contribution in [3.8, 4) is 0 Å². The van der Waals surface area contributed by atoms with Gasteiger partial charge in [-0.3, -0.25) is 14.5 Å². The number of carbonyl (C=O) groups is 2. The van der Waals surface area contributed by atoms with Crippen molar-refractivity contribution in [2.45, 2.75) is 12.8 Å². The molecule has 5 heteroatoms. The van der Waals surface area contributed by atoms with E-state index < -0.39 is 5.92 Å². The van der Waals surface area contributed by atoms with Crippen molar-refractivity contribution in [3.05, 3.63) is 64.9 Å². The van der Waals surface area contributed by atoms with Crippen molar-refractivity contribution >= 4 is 29.1 Å². The molecule has 0 bridgehead atoms. The highest BCUT2D eigenvalue weighted by molar-refractivity contribution is 6.31. The summed E-state index contributed by atoms with van der Waals surface area (Å²) in [6.45, 7) is 0. The highest BCUT2D eigenvalue weighted by Gasteiger charge is 2.39. The SMILES string of the molecule is O=C1CC(Cc2ccccc2F)C(=O)N1c1cccc(Cl)c1. The summed E-state index contributed by atoms with van der Waals surface area (Å²) in [7, 11) is 0. The van der Waals surface area contributed by atoms with Crippen LogP contribution >= 0.6 is 11.6 Å². The van der Waals surface area contributed by atoms with Gasteiger partial charge >= 0.3 is 0 Å². The van der Waals surface area contributed by atoms with Crippen LogP contribution in [0.3, 0.4) is 0 Å². The Kier molecular flexibility index (Phi) is 3.94. The Bertz CT molecular complexity index is 747. The Morgan fingerprint density at radius 1 is 1.14 bits per heavy atom. The molecule has 112 valence electrons. The lowest BCUT2D eigenvalue weighted by Crippen LogP contribution is -2.30. The zero-order chi connectivity index (χ0) is 15.7. The lowest BCUT2D eigenvalue weighted by molar-refractivity contribution is -0.122. The van der Waals surface area contributed by atoms with Gasteiger partial charge in [0, 0.05) is 11.4 Å². The first-order valence-corrected chi connectivity index (χ1v) is 7.30. The van der Waals surface area contributed by atoms with E-state index in [1.807, 2.05) is 0 Å². The van der Waals surface area contributed by atoms with Gasteiger partial charge in [-0.2, -0.15) is 0 Å². The van der Waals surface area contributed by atoms with Gasteiger partial charge in [-0.25, -0.2) is 4.39 Å². The highest BCUT2D eigenvalue weighted by Crippen LogP contribution is 2.30. The van der Waals surface area contributed by atoms with Gasteiger partial charge < -0.3 is 0 Å². The van der Waals surface area contributed by atoms with Crippen LogP contribution in [0, 0.1) is 11.7 Å². The van der Waals surface area contributed by atoms with Crippen molar-refractivity contribution in [1.29, 1.82) is 0 Å². The Labute approximate surface area is 132 Å². The first kappa shape index (κ1) is 14.7. The normalized spacial score (nSPS) is 18.1. The standard InChI is InChI=1S/C17H13ClFNO2/c18-13-5-3-6-14(10-13)20-16(21)9-12(17(20)22)8-11-4-1-2-7-15(11)19/h1-7,10,12H,8-9H2. The van der Waals surface area contributed by atoms with E-state index in [0.717, 1.165) is 4.90 Å². The van der Waals surface area contributed by atoms with Gasteiger partial charge in [0.05, 0.1) is 11.6 Å². The predicted octanol–water partition coefficient (Wildman–Crippen LogP) is 3.60. The number of rotatable bonds is 3. The van der Waals surface area contributed by atoms with Gasteiger partial charge in [0.2, 0.25) is 11.8 Å². The summed E-state index contributed by atoms with van der Waals surface area (Å²) < 4.78 is 13.7. The van der Waals surface area contributed by atoms with Crippen LogP contribution in [0.25, 0.3) is 0 Å². The highest BCUT2D eigenvalue weighted by atomic mass is 35.5. The summed E-state index contributed by atoms with van der Waals surface area (Å²) in [5, 5.41) is 0.454. The molecule has 0 radical (unpaired) electrons. The summed E-state index contributed by atoms with van der Waals surface area (Å²) in [5.41, 5.74) is 0.903. The molecule has 22 heavy (non-hydrogen) atoms. The van der Waals surface area contributed by atoms with Crippen molar-refractivity contribution in [1.82, 2.24) is 0 Å². The van der Waals surface area contributed by atoms with Crippen LogP contribution in [0.15, 0.2) is 48.5 Å². The molecule has 1 aliphatic heterocycles. The van der Waals surface area contributed by atoms with Crippen molar-refractivity contribution in [2.75, 3.05) is 4.90 Å². The number of amides is 2. The molecule has 1 aliphatic rings. The number of nitrogens with zero attached hydrogens (tertiary/aromatic N) is 1. The van der Waals surface area contributed by atoms with Gasteiger partial charge in [-0.15, -0.1) is 0 Å². The van der Waals surface area contributed by atoms with Crippen LogP contribution < -0.4 is 4.90 Å². The van der Waals surface area contributed by atoms with Crippen LogP contribution in [0.4, 0.5) is 10.1 Å². The van der Waals surface area contributed by atoms with Gasteiger partial charge in [-0.05, 0) is 36.2 Å². The molecule has 2 aromatic rings. The Morgan fingerprint density at radius 3 is 2.64 bits per heavy atom. The van der Waals surface area contributed by atoms with Crippen LogP contribution in [0.2, 0.25) is 5.02 Å². The van der Waals surface area contributed by atoms with Crippen LogP contribution in [0.1, 0.15) is 12.0 Å². The summed E-state index contributed by atoms with van der Waals surface area (Å²) >= 11 is 5.91. The number of halogens is 2. The molecule has 1 saturated heterocycles. The van der Waals surface area contributed by atoms with Gasteiger partial charge in [0.25, 0.3) is 0 Å². The van der Waals surface area contributed by atoms with Gasteiger partial charge in [0.1, 0.15) is 5.82 Å². The van der Waals surface area contributed by atoms with Gasteiger partial charge in [-0.1, -0.05) is 35.9 Å². The number of benzene rings is 2. The van der Waals surface area contributed by atoms with Crippen molar-refractivity contribution in [2.24, 2.45) is 5.92 Å². The number of imide groups is 1. The lowest BCUT2D eigenvalue weighted by atomic mass is 9.97. The summed E-state index contributed by atoms with van der Waals surface area (Å²) in [6.07, 6.45) is 0.300. The molecule has 2 amide bonds. The third kappa shape index (κ3) is 2.74. The molecule has 1 heterocycles. The summed E-state index contributed by atoms with van der Waals surface area (Å²) in [4.78, 5) is 25.8. The predicted molar refractivity (Wildman–Crippen MR) is 82.2 cm³/mol. The second-order valence-electron chi connectivity index (χ2n) is 5.24. The molecule has 0 N–H and O–H groups in total. The minimum Gasteiger partial charge on any atom is -0.274 e. The molecular weight excluding hydrogens is 305 g/mol. The van der Waals surface area contributed by atoms with E-state index in [0.29, 0.717) is 16.3 Å². The van der Waals surface area contributed by atoms with Crippen molar-refractivity contribution < 1.29 is 14.0 Å². The molecule has 2 aromatic carbocycles. The van der Waals surface area contributed by atoms with Crippen LogP contribution in [0.5, 0.6) is 0 Å². The quantitative estimate of drug-likeness (QED) is 0.811. The average molecular weight is 318 g/mol. The summed E-state index contributed by atoms with van der Waals surface area (Å²) in [6, 6.07) is 12.9. The third-order valence-electron chi connectivity index (χ3n) is 3.73. The molecule has 1 fully saturated rings. The largest absolute Gasteiger partial charge is 0.274 e. The first-order chi connectivity index (χ1) is 10.6. The van der Waals surface area contributed by atoms with E-state index >= 15 is 0 Å². The monoisotopic (exact) mass is 317 g/mol. The number of carbonyl (C=O) groups excluding carboxylic acids is 2. The van der Waals surface area contributed by atoms with Crippen molar-refractivity contribution in [3.63, 3.8) is 0 Å².